The Morgan fingerprint density at radius 3 is 1.64 bits per heavy atom. The van der Waals surface area contributed by atoms with Crippen LogP contribution in [0.4, 0.5) is 0 Å². The maximum absolute atomic E-state index is 2.70. The van der Waals surface area contributed by atoms with Crippen LogP contribution in [0.1, 0.15) is 0 Å². The van der Waals surface area contributed by atoms with Crippen molar-refractivity contribution in [3.63, 3.8) is 0 Å². The molecule has 0 aromatic heterocycles. The third-order valence-electron chi connectivity index (χ3n) is 2.09. The molecule has 70 valence electrons. The minimum Gasteiger partial charge on any atom is -0.106 e. The fourth-order valence-corrected chi connectivity index (χ4v) is 1.87. The SMILES string of the molecule is Pc1ccc(-c2ccc(I)cc2)cc1. The molecule has 0 aliphatic heterocycles. The summed E-state index contributed by atoms with van der Waals surface area (Å²) in [7, 11) is 2.70. The molecule has 2 heteroatoms. The minimum absolute atomic E-state index is 1.22. The Morgan fingerprint density at radius 2 is 1.14 bits per heavy atom. The predicted molar refractivity (Wildman–Crippen MR) is 73.9 cm³/mol. The molecule has 14 heavy (non-hydrogen) atoms. The van der Waals surface area contributed by atoms with E-state index in [-0.39, 0.29) is 0 Å². The molecule has 0 saturated heterocycles. The fourth-order valence-electron chi connectivity index (χ4n) is 1.32. The molecule has 2 aromatic rings. The topological polar surface area (TPSA) is 0 Å². The van der Waals surface area contributed by atoms with Gasteiger partial charge in [-0.15, -0.1) is 9.24 Å². The maximum atomic E-state index is 2.70. The van der Waals surface area contributed by atoms with Gasteiger partial charge in [-0.3, -0.25) is 0 Å². The predicted octanol–water partition coefficient (Wildman–Crippen LogP) is 3.46. The Labute approximate surface area is 100 Å². The third kappa shape index (κ3) is 2.34. The van der Waals surface area contributed by atoms with Gasteiger partial charge in [0.05, 0.1) is 0 Å². The van der Waals surface area contributed by atoms with Crippen molar-refractivity contribution < 1.29 is 0 Å². The zero-order valence-electron chi connectivity index (χ0n) is 7.57. The smallest absolute Gasteiger partial charge is 0.0130 e. The van der Waals surface area contributed by atoms with Gasteiger partial charge in [0.1, 0.15) is 0 Å². The lowest BCUT2D eigenvalue weighted by molar-refractivity contribution is 1.60. The zero-order valence-corrected chi connectivity index (χ0v) is 10.9. The van der Waals surface area contributed by atoms with Gasteiger partial charge in [-0.05, 0) is 51.2 Å². The van der Waals surface area contributed by atoms with Gasteiger partial charge in [-0.1, -0.05) is 36.4 Å². The van der Waals surface area contributed by atoms with Crippen molar-refractivity contribution in [3.8, 4) is 11.1 Å². The molecular formula is C12H10IP. The Bertz CT molecular complexity index is 374. The molecule has 0 heterocycles. The Kier molecular flexibility index (Phi) is 3.19. The Balaban J connectivity index is 2.40. The van der Waals surface area contributed by atoms with Crippen LogP contribution in [0.2, 0.25) is 0 Å². The van der Waals surface area contributed by atoms with Crippen LogP contribution in [-0.2, 0) is 0 Å². The number of benzene rings is 2. The molecule has 0 spiro atoms. The Hall–Kier alpha value is -0.400. The van der Waals surface area contributed by atoms with E-state index in [9.17, 15) is 0 Å². The molecule has 0 saturated carbocycles. The first-order valence-electron chi connectivity index (χ1n) is 4.37. The van der Waals surface area contributed by atoms with Crippen LogP contribution >= 0.6 is 31.8 Å². The summed E-state index contributed by atoms with van der Waals surface area (Å²) in [5.41, 5.74) is 2.54. The maximum Gasteiger partial charge on any atom is 0.0130 e. The third-order valence-corrected chi connectivity index (χ3v) is 3.19. The van der Waals surface area contributed by atoms with Gasteiger partial charge >= 0.3 is 0 Å². The summed E-state index contributed by atoms with van der Waals surface area (Å²) in [4.78, 5) is 0. The van der Waals surface area contributed by atoms with Crippen molar-refractivity contribution in [2.24, 2.45) is 0 Å². The van der Waals surface area contributed by atoms with E-state index in [1.165, 1.54) is 20.0 Å². The van der Waals surface area contributed by atoms with Crippen LogP contribution in [0.25, 0.3) is 11.1 Å². The molecule has 0 radical (unpaired) electrons. The zero-order chi connectivity index (χ0) is 9.97. The number of hydrogen-bond acceptors (Lipinski definition) is 0. The van der Waals surface area contributed by atoms with Crippen LogP contribution in [0, 0.1) is 3.57 Å². The molecule has 0 amide bonds. The summed E-state index contributed by atoms with van der Waals surface area (Å²) in [5, 5.41) is 1.22. The summed E-state index contributed by atoms with van der Waals surface area (Å²) in [6.07, 6.45) is 0. The summed E-state index contributed by atoms with van der Waals surface area (Å²) >= 11 is 2.32. The summed E-state index contributed by atoms with van der Waals surface area (Å²) in [6.45, 7) is 0. The second-order valence-electron chi connectivity index (χ2n) is 3.13. The molecule has 0 N–H and O–H groups in total. The molecule has 1 atom stereocenters. The monoisotopic (exact) mass is 312 g/mol. The first-order valence-corrected chi connectivity index (χ1v) is 6.03. The Morgan fingerprint density at radius 1 is 0.714 bits per heavy atom. The summed E-state index contributed by atoms with van der Waals surface area (Å²) in [5.74, 6) is 0. The van der Waals surface area contributed by atoms with Gasteiger partial charge in [0.2, 0.25) is 0 Å². The van der Waals surface area contributed by atoms with Crippen molar-refractivity contribution in [1.82, 2.24) is 0 Å². The quantitative estimate of drug-likeness (QED) is 0.559. The molecule has 0 nitrogen and oxygen atoms in total. The van der Waals surface area contributed by atoms with Gasteiger partial charge < -0.3 is 0 Å². The average molecular weight is 312 g/mol. The van der Waals surface area contributed by atoms with E-state index < -0.39 is 0 Å². The van der Waals surface area contributed by atoms with E-state index >= 15 is 0 Å². The van der Waals surface area contributed by atoms with E-state index in [0.717, 1.165) is 0 Å². The lowest BCUT2D eigenvalue weighted by Gasteiger charge is -2.01. The van der Waals surface area contributed by atoms with Gasteiger partial charge in [-0.2, -0.15) is 0 Å². The number of rotatable bonds is 1. The normalized spacial score (nSPS) is 10.1. The first-order chi connectivity index (χ1) is 6.75. The number of halogens is 1. The summed E-state index contributed by atoms with van der Waals surface area (Å²) in [6, 6.07) is 17.1. The van der Waals surface area contributed by atoms with Crippen LogP contribution in [-0.4, -0.2) is 0 Å². The second kappa shape index (κ2) is 4.41. The minimum atomic E-state index is 1.22. The molecule has 0 fully saturated rings. The lowest BCUT2D eigenvalue weighted by Crippen LogP contribution is -1.87. The van der Waals surface area contributed by atoms with Crippen LogP contribution in [0.15, 0.2) is 48.5 Å². The van der Waals surface area contributed by atoms with Gasteiger partial charge in [0, 0.05) is 3.57 Å². The standard InChI is InChI=1S/C12H10IP/c13-11-5-1-9(2-6-11)10-3-7-12(14)8-4-10/h1-8H,14H2. The molecule has 2 rings (SSSR count). The van der Waals surface area contributed by atoms with Gasteiger partial charge in [-0.25, -0.2) is 0 Å². The van der Waals surface area contributed by atoms with E-state index in [4.69, 9.17) is 0 Å². The summed E-state index contributed by atoms with van der Waals surface area (Å²) < 4.78 is 1.27. The molecule has 0 aliphatic carbocycles. The molecular weight excluding hydrogens is 302 g/mol. The highest BCUT2D eigenvalue weighted by molar-refractivity contribution is 14.1. The van der Waals surface area contributed by atoms with Crippen LogP contribution in [0.3, 0.4) is 0 Å². The van der Waals surface area contributed by atoms with Crippen molar-refractivity contribution in [3.05, 3.63) is 52.1 Å². The largest absolute Gasteiger partial charge is 0.106 e. The highest BCUT2D eigenvalue weighted by atomic mass is 127. The van der Waals surface area contributed by atoms with Crippen molar-refractivity contribution in [2.45, 2.75) is 0 Å². The van der Waals surface area contributed by atoms with Crippen LogP contribution in [0.5, 0.6) is 0 Å². The molecule has 0 bridgehead atoms. The molecule has 1 unspecified atom stereocenters. The first kappa shape index (κ1) is 10.1. The van der Waals surface area contributed by atoms with Gasteiger partial charge in [0.25, 0.3) is 0 Å². The van der Waals surface area contributed by atoms with Crippen LogP contribution < -0.4 is 5.30 Å². The van der Waals surface area contributed by atoms with E-state index in [0.29, 0.717) is 0 Å². The van der Waals surface area contributed by atoms with E-state index in [2.05, 4.69) is 80.4 Å². The average Bonchev–Trinajstić information content (AvgIpc) is 2.21. The van der Waals surface area contributed by atoms with Gasteiger partial charge in [0.15, 0.2) is 0 Å². The fraction of sp³-hybridized carbons (Fsp3) is 0. The highest BCUT2D eigenvalue weighted by Gasteiger charge is 1.95. The van der Waals surface area contributed by atoms with E-state index in [1.807, 2.05) is 0 Å². The van der Waals surface area contributed by atoms with Crippen molar-refractivity contribution in [1.29, 1.82) is 0 Å². The molecule has 0 aliphatic rings. The second-order valence-corrected chi connectivity index (χ2v) is 5.04. The number of hydrogen-bond donors (Lipinski definition) is 0. The highest BCUT2D eigenvalue weighted by Crippen LogP contribution is 2.19. The molecule has 2 aromatic carbocycles. The van der Waals surface area contributed by atoms with Crippen molar-refractivity contribution in [2.75, 3.05) is 0 Å². The lowest BCUT2D eigenvalue weighted by atomic mass is 10.1. The van der Waals surface area contributed by atoms with E-state index in [1.54, 1.807) is 0 Å². The van der Waals surface area contributed by atoms with Crippen molar-refractivity contribution >= 4 is 37.1 Å².